The van der Waals surface area contributed by atoms with Crippen molar-refractivity contribution in [2.75, 3.05) is 24.3 Å². The third kappa shape index (κ3) is 6.09. The molecule has 2 aromatic carbocycles. The molecule has 2 atom stereocenters. The van der Waals surface area contributed by atoms with E-state index in [9.17, 15) is 13.5 Å². The van der Waals surface area contributed by atoms with Crippen LogP contribution >= 0.6 is 0 Å². The number of fused-ring (bicyclic) bond motifs is 2. The van der Waals surface area contributed by atoms with Gasteiger partial charge in [0.1, 0.15) is 17.1 Å². The fourth-order valence-electron chi connectivity index (χ4n) is 5.56. The quantitative estimate of drug-likeness (QED) is 0.394. The number of aromatic hydroxyl groups is 1. The summed E-state index contributed by atoms with van der Waals surface area (Å²) in [5.41, 5.74) is 2.22. The van der Waals surface area contributed by atoms with Gasteiger partial charge in [-0.15, -0.1) is 0 Å². The largest absolute Gasteiger partial charge is 0.508 e. The number of anilines is 1. The normalized spacial score (nSPS) is 19.0. The number of rotatable bonds is 10. The van der Waals surface area contributed by atoms with Crippen LogP contribution in [0.2, 0.25) is 0 Å². The van der Waals surface area contributed by atoms with Crippen LogP contribution in [0.3, 0.4) is 0 Å². The van der Waals surface area contributed by atoms with Gasteiger partial charge < -0.3 is 24.6 Å². The van der Waals surface area contributed by atoms with E-state index in [-0.39, 0.29) is 30.1 Å². The van der Waals surface area contributed by atoms with Crippen molar-refractivity contribution in [1.82, 2.24) is 5.32 Å². The molecule has 8 nitrogen and oxygen atoms in total. The number of hydrogen-bond donors (Lipinski definition) is 3. The Hall–Kier alpha value is -2.65. The summed E-state index contributed by atoms with van der Waals surface area (Å²) in [6, 6.07) is 9.43. The molecular weight excluding hydrogens is 492 g/mol. The molecule has 2 aliphatic heterocycles. The average molecular weight is 533 g/mol. The summed E-state index contributed by atoms with van der Waals surface area (Å²) in [6.45, 7) is 11.9. The van der Waals surface area contributed by atoms with Crippen molar-refractivity contribution >= 4 is 15.7 Å². The molecule has 9 heteroatoms. The number of benzene rings is 2. The fraction of sp³-hybridized carbons (Fsp3) is 0.571. The van der Waals surface area contributed by atoms with Gasteiger partial charge in [-0.25, -0.2) is 8.42 Å². The van der Waals surface area contributed by atoms with E-state index in [0.717, 1.165) is 48.9 Å². The highest BCUT2D eigenvalue weighted by atomic mass is 32.2. The summed E-state index contributed by atoms with van der Waals surface area (Å²) < 4.78 is 43.7. The standard InChI is InChI=1S/C28H40N2O6S/c1-17(2)28(18(3)4)14-21(23-10-9-22(31)13-25(23)36-28)15-29-19(5)7-8-20-11-24(30-37(6,32)33)27-26(12-20)34-16-35-27/h9-13,17-19,21,29-31H,7-8,14-16H2,1-6H3. The SMILES string of the molecule is CC(CCc1cc(NS(C)(=O)=O)c2c(c1)OCO2)NCC1CC(C(C)C)(C(C)C)Oc2cc(O)ccc21. The maximum Gasteiger partial charge on any atom is 0.231 e. The van der Waals surface area contributed by atoms with Crippen LogP contribution in [0, 0.1) is 11.8 Å². The summed E-state index contributed by atoms with van der Waals surface area (Å²) in [4.78, 5) is 0. The summed E-state index contributed by atoms with van der Waals surface area (Å²) >= 11 is 0. The van der Waals surface area contributed by atoms with Crippen LogP contribution < -0.4 is 24.2 Å². The maximum atomic E-state index is 11.8. The van der Waals surface area contributed by atoms with E-state index in [1.54, 1.807) is 12.1 Å². The number of sulfonamides is 1. The first-order chi connectivity index (χ1) is 17.4. The molecule has 2 unspecified atom stereocenters. The third-order valence-corrected chi connectivity index (χ3v) is 8.25. The highest BCUT2D eigenvalue weighted by Crippen LogP contribution is 2.48. The molecule has 3 N–H and O–H groups in total. The second-order valence-electron chi connectivity index (χ2n) is 11.1. The molecule has 2 aromatic rings. The minimum Gasteiger partial charge on any atom is -0.508 e. The van der Waals surface area contributed by atoms with Gasteiger partial charge in [0.05, 0.1) is 11.9 Å². The van der Waals surface area contributed by atoms with E-state index in [1.165, 1.54) is 0 Å². The molecule has 0 fully saturated rings. The van der Waals surface area contributed by atoms with Gasteiger partial charge in [0.25, 0.3) is 0 Å². The van der Waals surface area contributed by atoms with Gasteiger partial charge in [0.2, 0.25) is 16.8 Å². The number of hydrogen-bond acceptors (Lipinski definition) is 7. The fourth-order valence-corrected chi connectivity index (χ4v) is 6.11. The summed E-state index contributed by atoms with van der Waals surface area (Å²) in [7, 11) is -3.44. The monoisotopic (exact) mass is 532 g/mol. The second-order valence-corrected chi connectivity index (χ2v) is 12.8. The predicted octanol–water partition coefficient (Wildman–Crippen LogP) is 5.02. The molecule has 0 radical (unpaired) electrons. The minimum absolute atomic E-state index is 0.0772. The van der Waals surface area contributed by atoms with Gasteiger partial charge >= 0.3 is 0 Å². The van der Waals surface area contributed by atoms with E-state index < -0.39 is 10.0 Å². The zero-order chi connectivity index (χ0) is 27.0. The van der Waals surface area contributed by atoms with Gasteiger partial charge in [-0.2, -0.15) is 0 Å². The molecular formula is C28H40N2O6S. The number of phenolic OH excluding ortho intramolecular Hbond substituents is 1. The summed E-state index contributed by atoms with van der Waals surface area (Å²) in [6.07, 6.45) is 3.64. The van der Waals surface area contributed by atoms with E-state index in [0.29, 0.717) is 29.0 Å². The lowest BCUT2D eigenvalue weighted by atomic mass is 9.71. The van der Waals surface area contributed by atoms with Crippen LogP contribution in [0.25, 0.3) is 0 Å². The lowest BCUT2D eigenvalue weighted by molar-refractivity contribution is -0.0468. The van der Waals surface area contributed by atoms with Crippen LogP contribution in [0.1, 0.15) is 64.5 Å². The zero-order valence-corrected chi connectivity index (χ0v) is 23.4. The molecule has 0 spiro atoms. The topological polar surface area (TPSA) is 106 Å². The van der Waals surface area contributed by atoms with Crippen molar-refractivity contribution < 1.29 is 27.7 Å². The number of phenols is 1. The number of nitrogens with one attached hydrogen (secondary N) is 2. The van der Waals surface area contributed by atoms with E-state index in [2.05, 4.69) is 44.7 Å². The van der Waals surface area contributed by atoms with Gasteiger partial charge in [-0.3, -0.25) is 4.72 Å². The van der Waals surface area contributed by atoms with Crippen LogP contribution in [0.5, 0.6) is 23.0 Å². The maximum absolute atomic E-state index is 11.8. The van der Waals surface area contributed by atoms with Crippen molar-refractivity contribution in [1.29, 1.82) is 0 Å². The average Bonchev–Trinajstić information content (AvgIpc) is 3.28. The van der Waals surface area contributed by atoms with Gasteiger partial charge in [0, 0.05) is 24.6 Å². The first kappa shape index (κ1) is 27.4. The molecule has 0 bridgehead atoms. The Morgan fingerprint density at radius 2 is 1.78 bits per heavy atom. The van der Waals surface area contributed by atoms with E-state index in [1.807, 2.05) is 18.2 Å². The Morgan fingerprint density at radius 3 is 2.46 bits per heavy atom. The van der Waals surface area contributed by atoms with Crippen LogP contribution in [0.4, 0.5) is 5.69 Å². The highest BCUT2D eigenvalue weighted by molar-refractivity contribution is 7.92. The van der Waals surface area contributed by atoms with E-state index >= 15 is 0 Å². The van der Waals surface area contributed by atoms with Crippen molar-refractivity contribution in [2.24, 2.45) is 11.8 Å². The molecule has 0 saturated heterocycles. The first-order valence-corrected chi connectivity index (χ1v) is 14.9. The van der Waals surface area contributed by atoms with Gasteiger partial charge in [-0.1, -0.05) is 33.8 Å². The van der Waals surface area contributed by atoms with Crippen molar-refractivity contribution in [2.45, 2.75) is 71.4 Å². The third-order valence-electron chi connectivity index (χ3n) is 7.66. The van der Waals surface area contributed by atoms with Gasteiger partial charge in [-0.05, 0) is 67.3 Å². The highest BCUT2D eigenvalue weighted by Gasteiger charge is 2.45. The summed E-state index contributed by atoms with van der Waals surface area (Å²) in [5.74, 6) is 2.89. The smallest absolute Gasteiger partial charge is 0.231 e. The van der Waals surface area contributed by atoms with Crippen LogP contribution in [-0.4, -0.2) is 44.8 Å². The summed E-state index contributed by atoms with van der Waals surface area (Å²) in [5, 5.41) is 13.8. The predicted molar refractivity (Wildman–Crippen MR) is 145 cm³/mol. The molecule has 0 aliphatic carbocycles. The molecule has 2 heterocycles. The minimum atomic E-state index is -3.44. The van der Waals surface area contributed by atoms with Gasteiger partial charge in [0.15, 0.2) is 11.5 Å². The Bertz CT molecular complexity index is 1220. The molecule has 37 heavy (non-hydrogen) atoms. The van der Waals surface area contributed by atoms with E-state index in [4.69, 9.17) is 14.2 Å². The lowest BCUT2D eigenvalue weighted by Crippen LogP contribution is -2.51. The zero-order valence-electron chi connectivity index (χ0n) is 22.6. The second kappa shape index (κ2) is 10.6. The number of aryl methyl sites for hydroxylation is 1. The Balaban J connectivity index is 1.44. The first-order valence-electron chi connectivity index (χ1n) is 13.0. The Morgan fingerprint density at radius 1 is 1.05 bits per heavy atom. The molecule has 2 aliphatic rings. The number of ether oxygens (including phenoxy) is 3. The Labute approximate surface area is 220 Å². The van der Waals surface area contributed by atoms with Crippen LogP contribution in [-0.2, 0) is 16.4 Å². The molecule has 4 rings (SSSR count). The Kier molecular flexibility index (Phi) is 7.85. The van der Waals surface area contributed by atoms with Crippen molar-refractivity contribution in [3.05, 3.63) is 41.5 Å². The molecule has 204 valence electrons. The molecule has 0 saturated carbocycles. The van der Waals surface area contributed by atoms with Crippen molar-refractivity contribution in [3.63, 3.8) is 0 Å². The lowest BCUT2D eigenvalue weighted by Gasteiger charge is -2.48. The molecule has 0 aromatic heterocycles. The van der Waals surface area contributed by atoms with Crippen molar-refractivity contribution in [3.8, 4) is 23.0 Å². The van der Waals surface area contributed by atoms with Crippen LogP contribution in [0.15, 0.2) is 30.3 Å². The molecule has 0 amide bonds.